The van der Waals surface area contributed by atoms with E-state index in [4.69, 9.17) is 0 Å². The molecular formula is C26H30O4. The van der Waals surface area contributed by atoms with Crippen molar-refractivity contribution in [3.63, 3.8) is 0 Å². The molecule has 0 spiro atoms. The molecule has 0 saturated heterocycles. The van der Waals surface area contributed by atoms with Crippen LogP contribution in [-0.2, 0) is 15.6 Å². The zero-order chi connectivity index (χ0) is 22.1. The number of hydrogen-bond donors (Lipinski definition) is 0. The van der Waals surface area contributed by atoms with Gasteiger partial charge < -0.3 is 4.74 Å². The molecule has 4 nitrogen and oxygen atoms in total. The summed E-state index contributed by atoms with van der Waals surface area (Å²) in [6, 6.07) is 12.4. The molecule has 0 fully saturated rings. The molecule has 0 amide bonds. The van der Waals surface area contributed by atoms with Gasteiger partial charge >= 0.3 is 5.97 Å². The van der Waals surface area contributed by atoms with Crippen LogP contribution in [0.2, 0.25) is 0 Å². The molecule has 0 bridgehead atoms. The number of rotatable bonds is 6. The predicted octanol–water partition coefficient (Wildman–Crippen LogP) is 5.67. The molecule has 0 radical (unpaired) electrons. The van der Waals surface area contributed by atoms with E-state index in [9.17, 15) is 14.4 Å². The van der Waals surface area contributed by atoms with Crippen LogP contribution in [0.15, 0.2) is 42.5 Å². The average Bonchev–Trinajstić information content (AvgIpc) is 2.74. The first-order chi connectivity index (χ1) is 14.0. The number of carbonyl (C=O) groups excluding carboxylic acids is 3. The minimum absolute atomic E-state index is 0.0171. The van der Waals surface area contributed by atoms with Gasteiger partial charge in [-0.3, -0.25) is 9.59 Å². The van der Waals surface area contributed by atoms with Gasteiger partial charge in [0.2, 0.25) is 0 Å². The standard InChI is InChI=1S/C26H30O4/c1-25(2)14-15-26(3,4)21-16-19(10-11-20(21)25)23(28)13-12-22(27)17-6-8-18(9-7-17)24(29)30-5/h6-11,16H,12-15H2,1-5H3. The van der Waals surface area contributed by atoms with Crippen molar-refractivity contribution < 1.29 is 19.1 Å². The van der Waals surface area contributed by atoms with Gasteiger partial charge in [-0.25, -0.2) is 4.79 Å². The Morgan fingerprint density at radius 2 is 1.20 bits per heavy atom. The van der Waals surface area contributed by atoms with Gasteiger partial charge in [-0.15, -0.1) is 0 Å². The van der Waals surface area contributed by atoms with Gasteiger partial charge in [0.1, 0.15) is 0 Å². The van der Waals surface area contributed by atoms with Crippen LogP contribution in [0.3, 0.4) is 0 Å². The number of fused-ring (bicyclic) bond motifs is 1. The van der Waals surface area contributed by atoms with Crippen molar-refractivity contribution in [1.82, 2.24) is 0 Å². The zero-order valence-electron chi connectivity index (χ0n) is 18.5. The second-order valence-corrected chi connectivity index (χ2v) is 9.44. The molecule has 0 aromatic heterocycles. The lowest BCUT2D eigenvalue weighted by Crippen LogP contribution is -2.34. The summed E-state index contributed by atoms with van der Waals surface area (Å²) in [5.41, 5.74) is 4.27. The minimum Gasteiger partial charge on any atom is -0.465 e. The lowest BCUT2D eigenvalue weighted by molar-refractivity contribution is 0.0600. The molecule has 4 heteroatoms. The molecular weight excluding hydrogens is 376 g/mol. The molecule has 0 unspecified atom stereocenters. The van der Waals surface area contributed by atoms with Crippen molar-refractivity contribution in [3.8, 4) is 0 Å². The lowest BCUT2D eigenvalue weighted by atomic mass is 9.63. The van der Waals surface area contributed by atoms with Crippen LogP contribution in [0.1, 0.15) is 95.6 Å². The maximum absolute atomic E-state index is 12.8. The summed E-state index contributed by atoms with van der Waals surface area (Å²) in [6.07, 6.45) is 2.52. The number of methoxy groups -OCH3 is 1. The Morgan fingerprint density at radius 3 is 1.77 bits per heavy atom. The van der Waals surface area contributed by atoms with Gasteiger partial charge in [-0.2, -0.15) is 0 Å². The fourth-order valence-electron chi connectivity index (χ4n) is 4.19. The van der Waals surface area contributed by atoms with Crippen LogP contribution in [0.25, 0.3) is 0 Å². The van der Waals surface area contributed by atoms with E-state index in [1.165, 1.54) is 18.2 Å². The number of ketones is 2. The molecule has 3 rings (SSSR count). The van der Waals surface area contributed by atoms with Crippen molar-refractivity contribution in [2.45, 2.75) is 64.2 Å². The Balaban J connectivity index is 1.71. The number of esters is 1. The third-order valence-corrected chi connectivity index (χ3v) is 6.38. The second-order valence-electron chi connectivity index (χ2n) is 9.44. The molecule has 0 N–H and O–H groups in total. The SMILES string of the molecule is COC(=O)c1ccc(C(=O)CCC(=O)c2ccc3c(c2)C(C)(C)CCC3(C)C)cc1. The quantitative estimate of drug-likeness (QED) is 0.458. The third-order valence-electron chi connectivity index (χ3n) is 6.38. The molecule has 0 heterocycles. The van der Waals surface area contributed by atoms with E-state index in [0.29, 0.717) is 16.7 Å². The Kier molecular flexibility index (Phi) is 5.98. The van der Waals surface area contributed by atoms with Crippen LogP contribution in [0.4, 0.5) is 0 Å². The highest BCUT2D eigenvalue weighted by molar-refractivity contribution is 6.02. The number of ether oxygens (including phenoxy) is 1. The Labute approximate surface area is 178 Å². The lowest BCUT2D eigenvalue weighted by Gasteiger charge is -2.42. The predicted molar refractivity (Wildman–Crippen MR) is 117 cm³/mol. The van der Waals surface area contributed by atoms with Crippen LogP contribution >= 0.6 is 0 Å². The molecule has 0 atom stereocenters. The average molecular weight is 407 g/mol. The molecule has 0 aliphatic heterocycles. The van der Waals surface area contributed by atoms with Crippen LogP contribution in [0, 0.1) is 0 Å². The number of hydrogen-bond acceptors (Lipinski definition) is 4. The Bertz CT molecular complexity index is 981. The fourth-order valence-corrected chi connectivity index (χ4v) is 4.19. The van der Waals surface area contributed by atoms with Crippen LogP contribution in [0.5, 0.6) is 0 Å². The van der Waals surface area contributed by atoms with Crippen molar-refractivity contribution in [2.75, 3.05) is 7.11 Å². The topological polar surface area (TPSA) is 60.4 Å². The normalized spacial score (nSPS) is 16.4. The Hall–Kier alpha value is -2.75. The van der Waals surface area contributed by atoms with Crippen molar-refractivity contribution in [2.24, 2.45) is 0 Å². The first kappa shape index (κ1) is 21.9. The van der Waals surface area contributed by atoms with Crippen molar-refractivity contribution in [1.29, 1.82) is 0 Å². The summed E-state index contributed by atoms with van der Waals surface area (Å²) in [7, 11) is 1.32. The first-order valence-corrected chi connectivity index (χ1v) is 10.4. The van der Waals surface area contributed by atoms with Gasteiger partial charge in [-0.05, 0) is 53.0 Å². The van der Waals surface area contributed by atoms with Gasteiger partial charge in [0.05, 0.1) is 12.7 Å². The number of Topliss-reactive ketones (excluding diaryl/α,β-unsaturated/α-hetero) is 2. The van der Waals surface area contributed by atoms with E-state index in [0.717, 1.165) is 12.8 Å². The van der Waals surface area contributed by atoms with E-state index >= 15 is 0 Å². The van der Waals surface area contributed by atoms with Crippen molar-refractivity contribution >= 4 is 17.5 Å². The maximum Gasteiger partial charge on any atom is 0.337 e. The largest absolute Gasteiger partial charge is 0.465 e. The van der Waals surface area contributed by atoms with Gasteiger partial charge in [0.25, 0.3) is 0 Å². The molecule has 30 heavy (non-hydrogen) atoms. The van der Waals surface area contributed by atoms with E-state index < -0.39 is 5.97 Å². The minimum atomic E-state index is -0.442. The highest BCUT2D eigenvalue weighted by Crippen LogP contribution is 2.45. The number of carbonyl (C=O) groups is 3. The molecule has 2 aromatic rings. The summed E-state index contributed by atoms with van der Waals surface area (Å²) < 4.78 is 4.66. The molecule has 1 aliphatic carbocycles. The first-order valence-electron chi connectivity index (χ1n) is 10.4. The summed E-state index contributed by atoms with van der Waals surface area (Å²) in [4.78, 5) is 36.8. The highest BCUT2D eigenvalue weighted by atomic mass is 16.5. The summed E-state index contributed by atoms with van der Waals surface area (Å²) >= 11 is 0. The Morgan fingerprint density at radius 1 is 0.733 bits per heavy atom. The summed E-state index contributed by atoms with van der Waals surface area (Å²) in [5.74, 6) is -0.571. The summed E-state index contributed by atoms with van der Waals surface area (Å²) in [5, 5.41) is 0. The number of benzene rings is 2. The zero-order valence-corrected chi connectivity index (χ0v) is 18.5. The second kappa shape index (κ2) is 8.17. The van der Waals surface area contributed by atoms with Crippen LogP contribution in [-0.4, -0.2) is 24.6 Å². The maximum atomic E-state index is 12.8. The summed E-state index contributed by atoms with van der Waals surface area (Å²) in [6.45, 7) is 8.98. The van der Waals surface area contributed by atoms with Gasteiger partial charge in [-0.1, -0.05) is 52.0 Å². The monoisotopic (exact) mass is 406 g/mol. The molecule has 158 valence electrons. The fraction of sp³-hybridized carbons (Fsp3) is 0.423. The van der Waals surface area contributed by atoms with Gasteiger partial charge in [0, 0.05) is 24.0 Å². The molecule has 2 aromatic carbocycles. The van der Waals surface area contributed by atoms with Crippen LogP contribution < -0.4 is 0 Å². The molecule has 1 aliphatic rings. The van der Waals surface area contributed by atoms with E-state index in [-0.39, 0.29) is 35.2 Å². The van der Waals surface area contributed by atoms with E-state index in [2.05, 4.69) is 38.5 Å². The molecule has 0 saturated carbocycles. The van der Waals surface area contributed by atoms with Crippen molar-refractivity contribution in [3.05, 3.63) is 70.3 Å². The van der Waals surface area contributed by atoms with E-state index in [1.807, 2.05) is 12.1 Å². The third kappa shape index (κ3) is 4.38. The van der Waals surface area contributed by atoms with Gasteiger partial charge in [0.15, 0.2) is 11.6 Å². The van der Waals surface area contributed by atoms with E-state index in [1.54, 1.807) is 24.3 Å². The highest BCUT2D eigenvalue weighted by Gasteiger charge is 2.37. The smallest absolute Gasteiger partial charge is 0.337 e.